The summed E-state index contributed by atoms with van der Waals surface area (Å²) in [6.07, 6.45) is 2.45. The number of hydrogen-bond acceptors (Lipinski definition) is 5. The summed E-state index contributed by atoms with van der Waals surface area (Å²) in [6.45, 7) is 5.23. The molecule has 2 aromatic carbocycles. The third-order valence-corrected chi connectivity index (χ3v) is 6.14. The van der Waals surface area contributed by atoms with Crippen LogP contribution in [-0.4, -0.2) is 59.8 Å². The van der Waals surface area contributed by atoms with E-state index in [0.29, 0.717) is 6.61 Å². The number of ether oxygens (including phenoxy) is 2. The number of likely N-dealkylation sites (tertiary alicyclic amines) is 1. The Kier molecular flexibility index (Phi) is 7.30. The average molecular weight is 455 g/mol. The number of piperidine rings is 1. The molecule has 1 fully saturated rings. The first-order chi connectivity index (χ1) is 15.9. The normalized spacial score (nSPS) is 15.2. The van der Waals surface area contributed by atoms with Crippen molar-refractivity contribution in [2.75, 3.05) is 33.4 Å². The lowest BCUT2D eigenvalue weighted by Gasteiger charge is -2.29. The molecule has 0 atom stereocenters. The van der Waals surface area contributed by atoms with E-state index in [1.165, 1.54) is 13.2 Å². The SMILES string of the molecule is COc1cc(-c2cc3cc(OCCCN4CCC(O)CC4)ccc3n2CC(C)=O)ccc1F. The lowest BCUT2D eigenvalue weighted by atomic mass is 10.1. The molecule has 1 aliphatic heterocycles. The number of aliphatic hydroxyl groups excluding tert-OH is 1. The Morgan fingerprint density at radius 2 is 1.94 bits per heavy atom. The summed E-state index contributed by atoms with van der Waals surface area (Å²) in [4.78, 5) is 14.3. The van der Waals surface area contributed by atoms with E-state index in [2.05, 4.69) is 4.90 Å². The van der Waals surface area contributed by atoms with Crippen LogP contribution in [0.25, 0.3) is 22.2 Å². The molecule has 7 heteroatoms. The highest BCUT2D eigenvalue weighted by Crippen LogP contribution is 2.33. The molecule has 0 unspecified atom stereocenters. The van der Waals surface area contributed by atoms with E-state index in [9.17, 15) is 14.3 Å². The lowest BCUT2D eigenvalue weighted by Crippen LogP contribution is -2.36. The molecular weight excluding hydrogens is 423 g/mol. The van der Waals surface area contributed by atoms with Crippen LogP contribution in [-0.2, 0) is 11.3 Å². The van der Waals surface area contributed by atoms with Crippen molar-refractivity contribution in [1.29, 1.82) is 0 Å². The number of aliphatic hydroxyl groups is 1. The van der Waals surface area contributed by atoms with Crippen LogP contribution in [0.2, 0.25) is 0 Å². The molecule has 1 N–H and O–H groups in total. The van der Waals surface area contributed by atoms with Crippen molar-refractivity contribution in [3.8, 4) is 22.8 Å². The Balaban J connectivity index is 1.50. The highest BCUT2D eigenvalue weighted by Gasteiger charge is 2.17. The molecule has 2 heterocycles. The summed E-state index contributed by atoms with van der Waals surface area (Å²) in [5, 5.41) is 10.6. The van der Waals surface area contributed by atoms with Gasteiger partial charge in [0.15, 0.2) is 11.6 Å². The standard InChI is InChI=1S/C26H31FN2O4/c1-18(30)17-29-24-7-5-22(33-13-3-10-28-11-8-21(31)9-12-28)14-20(24)15-25(29)19-4-6-23(27)26(16-19)32-2/h4-7,14-16,21,31H,3,8-13,17H2,1-2H3. The van der Waals surface area contributed by atoms with E-state index < -0.39 is 5.82 Å². The molecule has 3 aromatic rings. The van der Waals surface area contributed by atoms with Gasteiger partial charge in [0.1, 0.15) is 11.5 Å². The highest BCUT2D eigenvalue weighted by molar-refractivity contribution is 5.90. The minimum absolute atomic E-state index is 0.0355. The molecule has 1 aromatic heterocycles. The molecule has 0 saturated carbocycles. The van der Waals surface area contributed by atoms with E-state index in [1.807, 2.05) is 28.8 Å². The third kappa shape index (κ3) is 5.54. The van der Waals surface area contributed by atoms with Crippen LogP contribution in [0.3, 0.4) is 0 Å². The Bertz CT molecular complexity index is 1120. The van der Waals surface area contributed by atoms with Crippen LogP contribution >= 0.6 is 0 Å². The Hall–Kier alpha value is -2.90. The van der Waals surface area contributed by atoms with Gasteiger partial charge in [0.25, 0.3) is 0 Å². The summed E-state index contributed by atoms with van der Waals surface area (Å²) in [5.74, 6) is 0.555. The number of hydrogen-bond donors (Lipinski definition) is 1. The zero-order chi connectivity index (χ0) is 23.4. The summed E-state index contributed by atoms with van der Waals surface area (Å²) in [6, 6.07) is 12.6. The first-order valence-electron chi connectivity index (χ1n) is 11.4. The van der Waals surface area contributed by atoms with Crippen molar-refractivity contribution in [2.24, 2.45) is 0 Å². The van der Waals surface area contributed by atoms with Gasteiger partial charge in [0.2, 0.25) is 0 Å². The number of carbonyl (C=O) groups is 1. The van der Waals surface area contributed by atoms with Gasteiger partial charge in [-0.3, -0.25) is 4.79 Å². The molecule has 0 bridgehead atoms. The van der Waals surface area contributed by atoms with E-state index >= 15 is 0 Å². The van der Waals surface area contributed by atoms with Gasteiger partial charge >= 0.3 is 0 Å². The molecule has 0 spiro atoms. The summed E-state index contributed by atoms with van der Waals surface area (Å²) >= 11 is 0. The number of fused-ring (bicyclic) bond motifs is 1. The number of halogens is 1. The van der Waals surface area contributed by atoms with Crippen molar-refractivity contribution in [2.45, 2.75) is 38.8 Å². The van der Waals surface area contributed by atoms with Crippen LogP contribution in [0.5, 0.6) is 11.5 Å². The molecule has 0 radical (unpaired) electrons. The van der Waals surface area contributed by atoms with Gasteiger partial charge in [0.05, 0.1) is 26.4 Å². The van der Waals surface area contributed by atoms with Crippen LogP contribution in [0.1, 0.15) is 26.2 Å². The monoisotopic (exact) mass is 454 g/mol. The topological polar surface area (TPSA) is 63.9 Å². The van der Waals surface area contributed by atoms with E-state index in [1.54, 1.807) is 19.1 Å². The van der Waals surface area contributed by atoms with Gasteiger partial charge in [-0.1, -0.05) is 0 Å². The minimum Gasteiger partial charge on any atom is -0.494 e. The second-order valence-corrected chi connectivity index (χ2v) is 8.66. The highest BCUT2D eigenvalue weighted by atomic mass is 19.1. The Morgan fingerprint density at radius 3 is 2.67 bits per heavy atom. The van der Waals surface area contributed by atoms with Gasteiger partial charge in [-0.2, -0.15) is 0 Å². The van der Waals surface area contributed by atoms with E-state index in [0.717, 1.165) is 66.8 Å². The average Bonchev–Trinajstić information content (AvgIpc) is 3.15. The van der Waals surface area contributed by atoms with Gasteiger partial charge in [-0.25, -0.2) is 4.39 Å². The van der Waals surface area contributed by atoms with E-state index in [-0.39, 0.29) is 24.2 Å². The van der Waals surface area contributed by atoms with Crippen molar-refractivity contribution in [3.63, 3.8) is 0 Å². The molecule has 4 rings (SSSR count). The Morgan fingerprint density at radius 1 is 1.15 bits per heavy atom. The zero-order valence-electron chi connectivity index (χ0n) is 19.2. The Labute approximate surface area is 193 Å². The number of ketones is 1. The maximum Gasteiger partial charge on any atom is 0.165 e. The van der Waals surface area contributed by atoms with Crippen molar-refractivity contribution < 1.29 is 23.8 Å². The second kappa shape index (κ2) is 10.4. The predicted molar refractivity (Wildman–Crippen MR) is 126 cm³/mol. The maximum absolute atomic E-state index is 13.9. The van der Waals surface area contributed by atoms with Crippen molar-refractivity contribution >= 4 is 16.7 Å². The second-order valence-electron chi connectivity index (χ2n) is 8.66. The molecule has 33 heavy (non-hydrogen) atoms. The summed E-state index contributed by atoms with van der Waals surface area (Å²) < 4.78 is 27.0. The van der Waals surface area contributed by atoms with Gasteiger partial charge in [0, 0.05) is 41.8 Å². The first-order valence-corrected chi connectivity index (χ1v) is 11.4. The number of aromatic nitrogens is 1. The van der Waals surface area contributed by atoms with Gasteiger partial charge in [-0.15, -0.1) is 0 Å². The van der Waals surface area contributed by atoms with Crippen molar-refractivity contribution in [3.05, 3.63) is 48.3 Å². The van der Waals surface area contributed by atoms with Crippen LogP contribution in [0.15, 0.2) is 42.5 Å². The fourth-order valence-electron chi connectivity index (χ4n) is 4.41. The molecule has 6 nitrogen and oxygen atoms in total. The predicted octanol–water partition coefficient (Wildman–Crippen LogP) is 4.27. The van der Waals surface area contributed by atoms with Gasteiger partial charge in [-0.05, 0) is 68.7 Å². The number of methoxy groups -OCH3 is 1. The number of carbonyl (C=O) groups excluding carboxylic acids is 1. The fraction of sp³-hybridized carbons (Fsp3) is 0.423. The molecule has 0 aliphatic carbocycles. The summed E-state index contributed by atoms with van der Waals surface area (Å²) in [7, 11) is 1.44. The lowest BCUT2D eigenvalue weighted by molar-refractivity contribution is -0.117. The molecule has 0 amide bonds. The largest absolute Gasteiger partial charge is 0.494 e. The molecule has 1 aliphatic rings. The number of nitrogens with zero attached hydrogens (tertiary/aromatic N) is 2. The summed E-state index contributed by atoms with van der Waals surface area (Å²) in [5.41, 5.74) is 2.52. The molecule has 176 valence electrons. The van der Waals surface area contributed by atoms with Crippen molar-refractivity contribution in [1.82, 2.24) is 9.47 Å². The zero-order valence-corrected chi connectivity index (χ0v) is 19.2. The van der Waals surface area contributed by atoms with Crippen LogP contribution < -0.4 is 9.47 Å². The fourth-order valence-corrected chi connectivity index (χ4v) is 4.41. The molecule has 1 saturated heterocycles. The smallest absolute Gasteiger partial charge is 0.165 e. The quantitative estimate of drug-likeness (QED) is 0.489. The number of benzene rings is 2. The number of Topliss-reactive ketones (excluding diaryl/α,β-unsaturated/α-hetero) is 1. The maximum atomic E-state index is 13.9. The molecular formula is C26H31FN2O4. The first kappa shape index (κ1) is 23.3. The van der Waals surface area contributed by atoms with E-state index in [4.69, 9.17) is 9.47 Å². The van der Waals surface area contributed by atoms with Crippen LogP contribution in [0, 0.1) is 5.82 Å². The number of rotatable bonds is 9. The van der Waals surface area contributed by atoms with Crippen LogP contribution in [0.4, 0.5) is 4.39 Å². The third-order valence-electron chi connectivity index (χ3n) is 6.14. The minimum atomic E-state index is -0.424. The van der Waals surface area contributed by atoms with Gasteiger partial charge < -0.3 is 24.0 Å².